The molecule has 1 atom stereocenters. The van der Waals surface area contributed by atoms with Crippen LogP contribution in [0.4, 0.5) is 0 Å². The first kappa shape index (κ1) is 15.3. The van der Waals surface area contributed by atoms with Crippen molar-refractivity contribution in [3.8, 4) is 0 Å². The summed E-state index contributed by atoms with van der Waals surface area (Å²) >= 11 is 2.15. The minimum atomic E-state index is 0.433. The summed E-state index contributed by atoms with van der Waals surface area (Å²) in [7, 11) is 0. The van der Waals surface area contributed by atoms with Crippen LogP contribution in [0.25, 0.3) is 0 Å². The fourth-order valence-electron chi connectivity index (χ4n) is 1.81. The van der Waals surface area contributed by atoms with Gasteiger partial charge in [0.1, 0.15) is 0 Å². The molecule has 92 valence electrons. The van der Waals surface area contributed by atoms with Gasteiger partial charge in [-0.15, -0.1) is 0 Å². The van der Waals surface area contributed by atoms with Crippen molar-refractivity contribution in [2.75, 3.05) is 5.75 Å². The summed E-state index contributed by atoms with van der Waals surface area (Å²) in [6, 6.07) is 0. The van der Waals surface area contributed by atoms with E-state index in [0.29, 0.717) is 10.2 Å². The molecule has 0 saturated heterocycles. The third kappa shape index (κ3) is 7.27. The van der Waals surface area contributed by atoms with Crippen molar-refractivity contribution in [2.45, 2.75) is 72.5 Å². The van der Waals surface area contributed by atoms with Crippen LogP contribution in [0, 0.1) is 11.3 Å². The molecule has 0 aromatic heterocycles. The Balaban J connectivity index is 4.07. The molecule has 0 saturated carbocycles. The average Bonchev–Trinajstić information content (AvgIpc) is 2.13. The van der Waals surface area contributed by atoms with E-state index in [-0.39, 0.29) is 0 Å². The van der Waals surface area contributed by atoms with Gasteiger partial charge in [-0.3, -0.25) is 0 Å². The molecule has 15 heavy (non-hydrogen) atoms. The normalized spacial score (nSPS) is 15.4. The van der Waals surface area contributed by atoms with Gasteiger partial charge in [0, 0.05) is 4.75 Å². The van der Waals surface area contributed by atoms with Gasteiger partial charge in [0.05, 0.1) is 0 Å². The minimum Gasteiger partial charge on any atom is -0.155 e. The lowest BCUT2D eigenvalue weighted by Crippen LogP contribution is -2.26. The molecule has 0 aliphatic rings. The third-order valence-corrected chi connectivity index (χ3v) is 4.98. The highest BCUT2D eigenvalue weighted by molar-refractivity contribution is 8.00. The van der Waals surface area contributed by atoms with E-state index in [2.05, 4.69) is 60.2 Å². The Hall–Kier alpha value is 0.350. The Labute approximate surface area is 102 Å². The van der Waals surface area contributed by atoms with Crippen LogP contribution in [-0.2, 0) is 0 Å². The van der Waals surface area contributed by atoms with Gasteiger partial charge in [-0.1, -0.05) is 61.3 Å². The topological polar surface area (TPSA) is 0 Å². The first-order chi connectivity index (χ1) is 6.72. The second-order valence-corrected chi connectivity index (χ2v) is 8.01. The Morgan fingerprint density at radius 2 is 1.60 bits per heavy atom. The predicted molar refractivity (Wildman–Crippen MR) is 74.7 cm³/mol. The van der Waals surface area contributed by atoms with Gasteiger partial charge < -0.3 is 0 Å². The predicted octanol–water partition coefficient (Wildman–Crippen LogP) is 5.37. The molecule has 0 bridgehead atoms. The summed E-state index contributed by atoms with van der Waals surface area (Å²) in [5.74, 6) is 2.17. The van der Waals surface area contributed by atoms with E-state index in [9.17, 15) is 0 Å². The molecule has 0 aliphatic heterocycles. The van der Waals surface area contributed by atoms with Crippen LogP contribution >= 0.6 is 11.8 Å². The van der Waals surface area contributed by atoms with Crippen LogP contribution in [0.1, 0.15) is 67.7 Å². The van der Waals surface area contributed by atoms with E-state index < -0.39 is 0 Å². The SMILES string of the molecule is CCC(C)CSC(C)(C)CC(C)(C)CC. The second kappa shape index (κ2) is 6.18. The standard InChI is InChI=1S/C14H30S/c1-8-12(3)10-15-14(6,7)11-13(4,5)9-2/h12H,8-11H2,1-7H3. The van der Waals surface area contributed by atoms with Crippen LogP contribution in [0.5, 0.6) is 0 Å². The quantitative estimate of drug-likeness (QED) is 0.566. The molecule has 0 N–H and O–H groups in total. The van der Waals surface area contributed by atoms with Gasteiger partial charge in [0.25, 0.3) is 0 Å². The van der Waals surface area contributed by atoms with Crippen molar-refractivity contribution in [2.24, 2.45) is 11.3 Å². The van der Waals surface area contributed by atoms with Crippen LogP contribution in [-0.4, -0.2) is 10.5 Å². The number of hydrogen-bond acceptors (Lipinski definition) is 1. The zero-order valence-corrected chi connectivity index (χ0v) is 12.6. The van der Waals surface area contributed by atoms with E-state index in [4.69, 9.17) is 0 Å². The Morgan fingerprint density at radius 3 is 2.00 bits per heavy atom. The highest BCUT2D eigenvalue weighted by Crippen LogP contribution is 2.39. The van der Waals surface area contributed by atoms with Gasteiger partial charge in [-0.2, -0.15) is 11.8 Å². The van der Waals surface area contributed by atoms with Crippen molar-refractivity contribution in [3.05, 3.63) is 0 Å². The molecule has 0 rings (SSSR count). The minimum absolute atomic E-state index is 0.433. The summed E-state index contributed by atoms with van der Waals surface area (Å²) in [6.45, 7) is 16.5. The van der Waals surface area contributed by atoms with E-state index >= 15 is 0 Å². The molecule has 0 radical (unpaired) electrons. The number of rotatable bonds is 7. The molecule has 0 aliphatic carbocycles. The molecule has 0 fully saturated rings. The molecular formula is C14H30S. The molecule has 0 heterocycles. The lowest BCUT2D eigenvalue weighted by Gasteiger charge is -2.34. The maximum absolute atomic E-state index is 2.40. The molecule has 0 amide bonds. The average molecular weight is 230 g/mol. The molecule has 0 nitrogen and oxygen atoms in total. The zero-order valence-electron chi connectivity index (χ0n) is 11.8. The van der Waals surface area contributed by atoms with Gasteiger partial charge in [-0.05, 0) is 23.5 Å². The number of thioether (sulfide) groups is 1. The summed E-state index contributed by atoms with van der Waals surface area (Å²) in [5, 5.41) is 0. The first-order valence-electron chi connectivity index (χ1n) is 6.36. The van der Waals surface area contributed by atoms with Crippen LogP contribution in [0.2, 0.25) is 0 Å². The zero-order chi connectivity index (χ0) is 12.1. The highest BCUT2D eigenvalue weighted by Gasteiger charge is 2.28. The van der Waals surface area contributed by atoms with E-state index in [1.54, 1.807) is 0 Å². The van der Waals surface area contributed by atoms with Crippen molar-refractivity contribution in [1.29, 1.82) is 0 Å². The Kier molecular flexibility index (Phi) is 6.32. The van der Waals surface area contributed by atoms with Crippen LogP contribution < -0.4 is 0 Å². The van der Waals surface area contributed by atoms with Crippen LogP contribution in [0.15, 0.2) is 0 Å². The molecule has 1 unspecified atom stereocenters. The maximum atomic E-state index is 2.40. The summed E-state index contributed by atoms with van der Waals surface area (Å²) in [4.78, 5) is 0. The smallest absolute Gasteiger partial charge is 0.0108 e. The third-order valence-electron chi connectivity index (χ3n) is 3.32. The van der Waals surface area contributed by atoms with Crippen molar-refractivity contribution in [3.63, 3.8) is 0 Å². The van der Waals surface area contributed by atoms with Crippen molar-refractivity contribution >= 4 is 11.8 Å². The first-order valence-corrected chi connectivity index (χ1v) is 7.35. The van der Waals surface area contributed by atoms with Crippen LogP contribution in [0.3, 0.4) is 0 Å². The van der Waals surface area contributed by atoms with Gasteiger partial charge >= 0.3 is 0 Å². The fourth-order valence-corrected chi connectivity index (χ4v) is 3.28. The Morgan fingerprint density at radius 1 is 1.07 bits per heavy atom. The van der Waals surface area contributed by atoms with E-state index in [1.165, 1.54) is 25.0 Å². The maximum Gasteiger partial charge on any atom is 0.0108 e. The molecule has 1 heteroatoms. The van der Waals surface area contributed by atoms with E-state index in [0.717, 1.165) is 5.92 Å². The lowest BCUT2D eigenvalue weighted by molar-refractivity contribution is 0.292. The number of hydrogen-bond donors (Lipinski definition) is 0. The second-order valence-electron chi connectivity index (χ2n) is 6.28. The largest absolute Gasteiger partial charge is 0.155 e. The summed E-state index contributed by atoms with van der Waals surface area (Å²) in [6.07, 6.45) is 3.90. The molecule has 0 aromatic carbocycles. The van der Waals surface area contributed by atoms with Gasteiger partial charge in [-0.25, -0.2) is 0 Å². The monoisotopic (exact) mass is 230 g/mol. The lowest BCUT2D eigenvalue weighted by atomic mass is 9.81. The molecule has 0 spiro atoms. The summed E-state index contributed by atoms with van der Waals surface area (Å²) in [5.41, 5.74) is 0.492. The van der Waals surface area contributed by atoms with E-state index in [1.807, 2.05) is 0 Å². The molecular weight excluding hydrogens is 200 g/mol. The highest BCUT2D eigenvalue weighted by atomic mass is 32.2. The van der Waals surface area contributed by atoms with Gasteiger partial charge in [0.2, 0.25) is 0 Å². The van der Waals surface area contributed by atoms with Gasteiger partial charge in [0.15, 0.2) is 0 Å². The van der Waals surface area contributed by atoms with Crippen molar-refractivity contribution in [1.82, 2.24) is 0 Å². The van der Waals surface area contributed by atoms with Crippen molar-refractivity contribution < 1.29 is 0 Å². The molecule has 0 aromatic rings. The Bertz CT molecular complexity index is 170. The fraction of sp³-hybridized carbons (Fsp3) is 1.00. The summed E-state index contributed by atoms with van der Waals surface area (Å²) < 4.78 is 0.433.